The van der Waals surface area contributed by atoms with E-state index < -0.39 is 23.8 Å². The number of anilines is 1. The van der Waals surface area contributed by atoms with Gasteiger partial charge in [-0.2, -0.15) is 5.10 Å². The van der Waals surface area contributed by atoms with Crippen LogP contribution in [0.2, 0.25) is 0 Å². The van der Waals surface area contributed by atoms with E-state index in [-0.39, 0.29) is 6.61 Å². The fourth-order valence-corrected chi connectivity index (χ4v) is 6.22. The number of fused-ring (bicyclic) bond motifs is 2. The van der Waals surface area contributed by atoms with Gasteiger partial charge in [-0.25, -0.2) is 15.0 Å². The molecule has 214 valence electrons. The van der Waals surface area contributed by atoms with Crippen LogP contribution in [0.1, 0.15) is 57.0 Å². The second-order valence-corrected chi connectivity index (χ2v) is 11.0. The highest BCUT2D eigenvalue weighted by Gasteiger charge is 2.30. The molecule has 9 nitrogen and oxygen atoms in total. The standard InChI is InChI=1S/C32H29N3O6S/c1-3-40-32(39)27-25-16-11-19(2)17-26(25)42-30(27)34-28(36)29(37)35-33-18-20-12-14-22(15-13-20)41-31(38)24-10-6-8-21-7-4-5-9-23(21)24/h4-10,12-15,18-19H,3,11,16-17H2,1-2H3,(H,34,36)(H,35,37)/b33-18-/t19-/m1/s1. The lowest BCUT2D eigenvalue weighted by Crippen LogP contribution is -2.32. The zero-order chi connectivity index (χ0) is 29.6. The molecule has 0 fully saturated rings. The van der Waals surface area contributed by atoms with Gasteiger partial charge in [0.15, 0.2) is 0 Å². The van der Waals surface area contributed by atoms with Gasteiger partial charge in [0.1, 0.15) is 10.8 Å². The summed E-state index contributed by atoms with van der Waals surface area (Å²) in [6.45, 7) is 4.06. The summed E-state index contributed by atoms with van der Waals surface area (Å²) in [7, 11) is 0. The summed E-state index contributed by atoms with van der Waals surface area (Å²) in [6, 6.07) is 19.6. The van der Waals surface area contributed by atoms with Crippen LogP contribution in [0.15, 0.2) is 71.8 Å². The van der Waals surface area contributed by atoms with Crippen LogP contribution in [0, 0.1) is 5.92 Å². The number of thiophene rings is 1. The average Bonchev–Trinajstić information content (AvgIpc) is 3.34. The predicted octanol–water partition coefficient (Wildman–Crippen LogP) is 5.51. The van der Waals surface area contributed by atoms with Gasteiger partial charge in [0.2, 0.25) is 0 Å². The molecule has 0 unspecified atom stereocenters. The number of amides is 2. The van der Waals surface area contributed by atoms with Crippen molar-refractivity contribution in [1.82, 2.24) is 5.43 Å². The van der Waals surface area contributed by atoms with Crippen molar-refractivity contribution in [2.75, 3.05) is 11.9 Å². The minimum absolute atomic E-state index is 0.204. The first-order valence-corrected chi connectivity index (χ1v) is 14.4. The first kappa shape index (κ1) is 28.7. The van der Waals surface area contributed by atoms with E-state index in [1.165, 1.54) is 17.6 Å². The minimum Gasteiger partial charge on any atom is -0.462 e. The minimum atomic E-state index is -0.985. The lowest BCUT2D eigenvalue weighted by atomic mass is 9.88. The van der Waals surface area contributed by atoms with E-state index in [0.29, 0.717) is 39.8 Å². The van der Waals surface area contributed by atoms with Crippen molar-refractivity contribution in [1.29, 1.82) is 0 Å². The molecular formula is C32H29N3O6S. The smallest absolute Gasteiger partial charge is 0.344 e. The van der Waals surface area contributed by atoms with Gasteiger partial charge in [-0.3, -0.25) is 9.59 Å². The van der Waals surface area contributed by atoms with Gasteiger partial charge in [0, 0.05) is 4.88 Å². The van der Waals surface area contributed by atoms with E-state index in [1.807, 2.05) is 30.3 Å². The van der Waals surface area contributed by atoms with Crippen LogP contribution < -0.4 is 15.5 Å². The van der Waals surface area contributed by atoms with E-state index in [2.05, 4.69) is 22.8 Å². The van der Waals surface area contributed by atoms with Gasteiger partial charge in [-0.1, -0.05) is 43.3 Å². The Hall–Kier alpha value is -4.83. The van der Waals surface area contributed by atoms with Crippen molar-refractivity contribution in [3.8, 4) is 5.75 Å². The highest BCUT2D eigenvalue weighted by atomic mass is 32.1. The van der Waals surface area contributed by atoms with Crippen molar-refractivity contribution < 1.29 is 28.7 Å². The Kier molecular flexibility index (Phi) is 8.73. The number of carbonyl (C=O) groups is 4. The zero-order valence-electron chi connectivity index (χ0n) is 23.1. The van der Waals surface area contributed by atoms with Crippen LogP contribution in [0.25, 0.3) is 10.8 Å². The van der Waals surface area contributed by atoms with Crippen molar-refractivity contribution in [2.24, 2.45) is 11.0 Å². The topological polar surface area (TPSA) is 123 Å². The van der Waals surface area contributed by atoms with Gasteiger partial charge in [0.05, 0.1) is 23.9 Å². The van der Waals surface area contributed by atoms with Gasteiger partial charge < -0.3 is 14.8 Å². The number of benzene rings is 3. The Morgan fingerprint density at radius 1 is 0.976 bits per heavy atom. The summed E-state index contributed by atoms with van der Waals surface area (Å²) in [5, 5.41) is 8.48. The Morgan fingerprint density at radius 2 is 1.74 bits per heavy atom. The summed E-state index contributed by atoms with van der Waals surface area (Å²) in [4.78, 5) is 51.5. The van der Waals surface area contributed by atoms with Crippen molar-refractivity contribution in [3.63, 3.8) is 0 Å². The Balaban J connectivity index is 1.19. The van der Waals surface area contributed by atoms with E-state index in [0.717, 1.165) is 34.1 Å². The van der Waals surface area contributed by atoms with Crippen molar-refractivity contribution in [2.45, 2.75) is 33.1 Å². The average molecular weight is 584 g/mol. The highest BCUT2D eigenvalue weighted by molar-refractivity contribution is 7.17. The Morgan fingerprint density at radius 3 is 2.52 bits per heavy atom. The number of nitrogens with zero attached hydrogens (tertiary/aromatic N) is 1. The number of carbonyl (C=O) groups excluding carboxylic acids is 4. The number of hydrogen-bond donors (Lipinski definition) is 2. The number of ether oxygens (including phenoxy) is 2. The molecule has 4 aromatic rings. The molecule has 1 aliphatic rings. The summed E-state index contributed by atoms with van der Waals surface area (Å²) in [6.07, 6.45) is 3.82. The molecule has 0 aliphatic heterocycles. The van der Waals surface area contributed by atoms with Crippen LogP contribution >= 0.6 is 11.3 Å². The molecular weight excluding hydrogens is 554 g/mol. The fraction of sp³-hybridized carbons (Fsp3) is 0.219. The third-order valence-corrected chi connectivity index (χ3v) is 8.07. The van der Waals surface area contributed by atoms with Crippen molar-refractivity contribution in [3.05, 3.63) is 93.9 Å². The molecule has 5 rings (SSSR count). The Bertz CT molecular complexity index is 1690. The second-order valence-electron chi connectivity index (χ2n) is 9.91. The number of nitrogens with one attached hydrogen (secondary N) is 2. The maximum atomic E-state index is 12.8. The molecule has 42 heavy (non-hydrogen) atoms. The fourth-order valence-electron chi connectivity index (χ4n) is 4.82. The number of rotatable bonds is 7. The summed E-state index contributed by atoms with van der Waals surface area (Å²) in [5.74, 6) is -2.10. The van der Waals surface area contributed by atoms with Crippen LogP contribution in [0.4, 0.5) is 5.00 Å². The third-order valence-electron chi connectivity index (χ3n) is 6.90. The molecule has 10 heteroatoms. The van der Waals surface area contributed by atoms with Gasteiger partial charge in [0.25, 0.3) is 0 Å². The van der Waals surface area contributed by atoms with Crippen LogP contribution in [-0.2, 0) is 27.2 Å². The molecule has 0 spiro atoms. The van der Waals surface area contributed by atoms with E-state index in [4.69, 9.17) is 9.47 Å². The zero-order valence-corrected chi connectivity index (χ0v) is 24.0. The molecule has 1 aromatic heterocycles. The molecule has 2 amide bonds. The van der Waals surface area contributed by atoms with E-state index in [1.54, 1.807) is 43.3 Å². The SMILES string of the molecule is CCOC(=O)c1c(NC(=O)C(=O)N/N=C\c2ccc(OC(=O)c3cccc4ccccc34)cc2)sc2c1CC[C@@H](C)C2. The third kappa shape index (κ3) is 6.39. The van der Waals surface area contributed by atoms with E-state index >= 15 is 0 Å². The highest BCUT2D eigenvalue weighted by Crippen LogP contribution is 2.40. The lowest BCUT2D eigenvalue weighted by molar-refractivity contribution is -0.136. The molecule has 1 heterocycles. The monoisotopic (exact) mass is 583 g/mol. The number of hydrazone groups is 1. The van der Waals surface area contributed by atoms with Gasteiger partial charge in [-0.15, -0.1) is 11.3 Å². The maximum Gasteiger partial charge on any atom is 0.344 e. The molecule has 0 radical (unpaired) electrons. The lowest BCUT2D eigenvalue weighted by Gasteiger charge is -2.18. The molecule has 0 saturated carbocycles. The molecule has 3 aromatic carbocycles. The second kappa shape index (κ2) is 12.8. The number of esters is 2. The maximum absolute atomic E-state index is 12.8. The van der Waals surface area contributed by atoms with Gasteiger partial charge >= 0.3 is 23.8 Å². The quantitative estimate of drug-likeness (QED) is 0.0972. The van der Waals surface area contributed by atoms with Crippen LogP contribution in [-0.4, -0.2) is 36.6 Å². The first-order chi connectivity index (χ1) is 20.3. The summed E-state index contributed by atoms with van der Waals surface area (Å²) >= 11 is 1.30. The predicted molar refractivity (Wildman–Crippen MR) is 161 cm³/mol. The summed E-state index contributed by atoms with van der Waals surface area (Å²) < 4.78 is 10.7. The van der Waals surface area contributed by atoms with Gasteiger partial charge in [-0.05, 0) is 84.3 Å². The van der Waals surface area contributed by atoms with Crippen LogP contribution in [0.3, 0.4) is 0 Å². The number of hydrogen-bond acceptors (Lipinski definition) is 8. The summed E-state index contributed by atoms with van der Waals surface area (Å²) in [5.41, 5.74) is 4.48. The van der Waals surface area contributed by atoms with E-state index in [9.17, 15) is 19.2 Å². The molecule has 1 aliphatic carbocycles. The Labute approximate surface area is 246 Å². The molecule has 1 atom stereocenters. The molecule has 2 N–H and O–H groups in total. The molecule has 0 bridgehead atoms. The normalized spacial score (nSPS) is 14.3. The molecule has 0 saturated heterocycles. The largest absolute Gasteiger partial charge is 0.462 e. The first-order valence-electron chi connectivity index (χ1n) is 13.6. The van der Waals surface area contributed by atoms with Crippen molar-refractivity contribution >= 4 is 57.1 Å². The van der Waals surface area contributed by atoms with Crippen LogP contribution in [0.5, 0.6) is 5.75 Å².